The van der Waals surface area contributed by atoms with Gasteiger partial charge in [0.1, 0.15) is 11.6 Å². The number of carbonyl (C=O) groups is 1. The second-order valence-corrected chi connectivity index (χ2v) is 6.92. The van der Waals surface area contributed by atoms with Gasteiger partial charge in [-0.3, -0.25) is 4.79 Å². The van der Waals surface area contributed by atoms with E-state index in [1.807, 2.05) is 18.2 Å². The predicted octanol–water partition coefficient (Wildman–Crippen LogP) is 4.28. The summed E-state index contributed by atoms with van der Waals surface area (Å²) in [4.78, 5) is 18.1. The topological polar surface area (TPSA) is 45.3 Å². The van der Waals surface area contributed by atoms with Gasteiger partial charge in [-0.15, -0.1) is 0 Å². The van der Waals surface area contributed by atoms with Crippen molar-refractivity contribution >= 4 is 32.7 Å². The van der Waals surface area contributed by atoms with Crippen LogP contribution in [0.1, 0.15) is 21.6 Å². The molecule has 1 aromatic heterocycles. The number of fused-ring (bicyclic) bond motifs is 3. The smallest absolute Gasteiger partial charge is 0.258 e. The summed E-state index contributed by atoms with van der Waals surface area (Å²) in [6.07, 6.45) is 0.736. The van der Waals surface area contributed by atoms with Gasteiger partial charge in [-0.05, 0) is 40.2 Å². The molecule has 0 spiro atoms. The first-order valence-corrected chi connectivity index (χ1v) is 8.78. The van der Waals surface area contributed by atoms with Crippen molar-refractivity contribution in [3.8, 4) is 5.75 Å². The molecule has 4 rings (SSSR count). The number of rotatable bonds is 2. The molecule has 128 valence electrons. The highest BCUT2D eigenvalue weighted by Crippen LogP contribution is 2.33. The quantitative estimate of drug-likeness (QED) is 0.695. The highest BCUT2D eigenvalue weighted by Gasteiger charge is 2.27. The Morgan fingerprint density at radius 1 is 1.32 bits per heavy atom. The number of halogens is 2. The molecule has 6 heteroatoms. The molecule has 4 nitrogen and oxygen atoms in total. The van der Waals surface area contributed by atoms with Gasteiger partial charge in [0, 0.05) is 40.6 Å². The number of carbonyl (C=O) groups excluding carboxylic acids is 1. The molecule has 0 atom stereocenters. The van der Waals surface area contributed by atoms with E-state index in [0.717, 1.165) is 33.1 Å². The fourth-order valence-corrected chi connectivity index (χ4v) is 3.86. The van der Waals surface area contributed by atoms with Crippen molar-refractivity contribution < 1.29 is 13.9 Å². The van der Waals surface area contributed by atoms with Crippen molar-refractivity contribution in [2.24, 2.45) is 0 Å². The third kappa shape index (κ3) is 2.70. The van der Waals surface area contributed by atoms with E-state index in [1.54, 1.807) is 4.90 Å². The van der Waals surface area contributed by atoms with Crippen molar-refractivity contribution in [2.75, 3.05) is 13.7 Å². The average Bonchev–Trinajstić information content (AvgIpc) is 3.00. The Morgan fingerprint density at radius 3 is 2.96 bits per heavy atom. The summed E-state index contributed by atoms with van der Waals surface area (Å²) in [5.74, 6) is -0.275. The van der Waals surface area contributed by atoms with E-state index in [-0.39, 0.29) is 11.5 Å². The van der Waals surface area contributed by atoms with E-state index in [1.165, 1.54) is 25.3 Å². The first kappa shape index (κ1) is 16.1. The summed E-state index contributed by atoms with van der Waals surface area (Å²) < 4.78 is 19.8. The zero-order valence-corrected chi connectivity index (χ0v) is 15.2. The van der Waals surface area contributed by atoms with Crippen LogP contribution in [0.25, 0.3) is 10.9 Å². The number of hydrogen-bond acceptors (Lipinski definition) is 2. The zero-order chi connectivity index (χ0) is 17.6. The van der Waals surface area contributed by atoms with E-state index in [2.05, 4.69) is 20.9 Å². The summed E-state index contributed by atoms with van der Waals surface area (Å²) in [5, 5.41) is 1.10. The predicted molar refractivity (Wildman–Crippen MR) is 97.4 cm³/mol. The van der Waals surface area contributed by atoms with Crippen LogP contribution in [0.2, 0.25) is 0 Å². The minimum atomic E-state index is -0.446. The molecule has 2 heterocycles. The van der Waals surface area contributed by atoms with Gasteiger partial charge >= 0.3 is 0 Å². The molecule has 1 aliphatic heterocycles. The number of methoxy groups -OCH3 is 1. The van der Waals surface area contributed by atoms with Crippen LogP contribution >= 0.6 is 15.9 Å². The third-order valence-electron chi connectivity index (χ3n) is 4.64. The lowest BCUT2D eigenvalue weighted by atomic mass is 10.0. The maximum absolute atomic E-state index is 13.6. The van der Waals surface area contributed by atoms with Crippen LogP contribution in [-0.2, 0) is 13.0 Å². The van der Waals surface area contributed by atoms with Crippen LogP contribution in [0.15, 0.2) is 40.9 Å². The van der Waals surface area contributed by atoms with Crippen LogP contribution in [0.3, 0.4) is 0 Å². The van der Waals surface area contributed by atoms with Gasteiger partial charge in [-0.1, -0.05) is 12.1 Å². The summed E-state index contributed by atoms with van der Waals surface area (Å²) in [6, 6.07) is 10.0. The number of ether oxygens (including phenoxy) is 1. The third-order valence-corrected chi connectivity index (χ3v) is 5.30. The molecule has 0 bridgehead atoms. The number of para-hydroxylation sites is 1. The molecule has 0 radical (unpaired) electrons. The van der Waals surface area contributed by atoms with Crippen molar-refractivity contribution in [3.05, 3.63) is 63.5 Å². The average molecular weight is 403 g/mol. The summed E-state index contributed by atoms with van der Waals surface area (Å²) >= 11 is 3.56. The molecule has 1 aliphatic rings. The maximum atomic E-state index is 13.6. The number of nitrogens with one attached hydrogen (secondary N) is 1. The molecule has 1 N–H and O–H groups in total. The fourth-order valence-electron chi connectivity index (χ4n) is 3.39. The van der Waals surface area contributed by atoms with E-state index in [0.29, 0.717) is 18.8 Å². The van der Waals surface area contributed by atoms with E-state index < -0.39 is 5.82 Å². The van der Waals surface area contributed by atoms with Gasteiger partial charge in [0.05, 0.1) is 18.2 Å². The molecule has 2 aromatic carbocycles. The Hall–Kier alpha value is -2.34. The molecular formula is C19H16BrFN2O2. The Labute approximate surface area is 152 Å². The summed E-state index contributed by atoms with van der Waals surface area (Å²) in [6.45, 7) is 1.07. The standard InChI is InChI=1S/C19H16BrFN2O2/c1-25-17-6-5-11(21)9-13(17)19(24)23-8-7-16-14(10-23)12-3-2-4-15(20)18(12)22-16/h2-6,9,22H,7-8,10H2,1H3. The van der Waals surface area contributed by atoms with Crippen molar-refractivity contribution in [3.63, 3.8) is 0 Å². The molecule has 0 saturated heterocycles. The van der Waals surface area contributed by atoms with Crippen LogP contribution in [-0.4, -0.2) is 29.4 Å². The van der Waals surface area contributed by atoms with Gasteiger partial charge in [0.15, 0.2) is 0 Å². The maximum Gasteiger partial charge on any atom is 0.258 e. The highest BCUT2D eigenvalue weighted by atomic mass is 79.9. The second-order valence-electron chi connectivity index (χ2n) is 6.07. The molecule has 0 unspecified atom stereocenters. The number of benzene rings is 2. The van der Waals surface area contributed by atoms with Crippen LogP contribution in [0.4, 0.5) is 4.39 Å². The molecule has 0 saturated carbocycles. The number of amides is 1. The Bertz CT molecular complexity index is 983. The highest BCUT2D eigenvalue weighted by molar-refractivity contribution is 9.10. The number of nitrogens with zero attached hydrogens (tertiary/aromatic N) is 1. The minimum Gasteiger partial charge on any atom is -0.496 e. The second kappa shape index (κ2) is 6.19. The Balaban J connectivity index is 1.71. The summed E-state index contributed by atoms with van der Waals surface area (Å²) in [5.41, 5.74) is 3.57. The first-order chi connectivity index (χ1) is 12.1. The van der Waals surface area contributed by atoms with E-state index in [4.69, 9.17) is 4.74 Å². The molecule has 25 heavy (non-hydrogen) atoms. The molecule has 0 fully saturated rings. The lowest BCUT2D eigenvalue weighted by Crippen LogP contribution is -2.36. The number of hydrogen-bond donors (Lipinski definition) is 1. The van der Waals surface area contributed by atoms with Gasteiger partial charge in [0.25, 0.3) is 5.91 Å². The largest absolute Gasteiger partial charge is 0.496 e. The fraction of sp³-hybridized carbons (Fsp3) is 0.211. The lowest BCUT2D eigenvalue weighted by molar-refractivity contribution is 0.0731. The Kier molecular flexibility index (Phi) is 4.00. The van der Waals surface area contributed by atoms with Crippen molar-refractivity contribution in [2.45, 2.75) is 13.0 Å². The zero-order valence-electron chi connectivity index (χ0n) is 13.6. The molecule has 3 aromatic rings. The Morgan fingerprint density at radius 2 is 2.16 bits per heavy atom. The van der Waals surface area contributed by atoms with Gasteiger partial charge in [-0.2, -0.15) is 0 Å². The van der Waals surface area contributed by atoms with E-state index >= 15 is 0 Å². The van der Waals surface area contributed by atoms with Gasteiger partial charge in [0.2, 0.25) is 0 Å². The number of aromatic amines is 1. The first-order valence-electron chi connectivity index (χ1n) is 7.99. The molecular weight excluding hydrogens is 387 g/mol. The number of H-pyrrole nitrogens is 1. The van der Waals surface area contributed by atoms with Crippen LogP contribution in [0.5, 0.6) is 5.75 Å². The van der Waals surface area contributed by atoms with Crippen molar-refractivity contribution in [1.82, 2.24) is 9.88 Å². The monoisotopic (exact) mass is 402 g/mol. The SMILES string of the molecule is COc1ccc(F)cc1C(=O)N1CCc2[nH]c3c(Br)cccc3c2C1. The van der Waals surface area contributed by atoms with Gasteiger partial charge < -0.3 is 14.6 Å². The minimum absolute atomic E-state index is 0.216. The lowest BCUT2D eigenvalue weighted by Gasteiger charge is -2.28. The van der Waals surface area contributed by atoms with Crippen LogP contribution in [0, 0.1) is 5.82 Å². The molecule has 0 aliphatic carbocycles. The normalized spacial score (nSPS) is 13.8. The van der Waals surface area contributed by atoms with Crippen LogP contribution < -0.4 is 4.74 Å². The molecule has 1 amide bonds. The summed E-state index contributed by atoms with van der Waals surface area (Å²) in [7, 11) is 1.48. The van der Waals surface area contributed by atoms with Gasteiger partial charge in [-0.25, -0.2) is 4.39 Å². The van der Waals surface area contributed by atoms with Crippen molar-refractivity contribution in [1.29, 1.82) is 0 Å². The van der Waals surface area contributed by atoms with E-state index in [9.17, 15) is 9.18 Å². The number of aromatic nitrogens is 1.